The standard InChI is InChI=1S/C13H24N2O/c1-8-9-6-11(13(8,2)3)10(7-15(4)5)12(9)14-16/h8-11,16H,6-7H2,1-5H3/p+1/b14-12+. The molecule has 16 heavy (non-hydrogen) atoms. The molecule has 0 amide bonds. The number of nitrogens with one attached hydrogen (secondary N) is 1. The maximum absolute atomic E-state index is 9.24. The Labute approximate surface area is 98.5 Å². The molecule has 4 atom stereocenters. The van der Waals surface area contributed by atoms with Crippen LogP contribution in [0, 0.1) is 29.1 Å². The third-order valence-electron chi connectivity index (χ3n) is 5.23. The number of oxime groups is 1. The molecule has 4 unspecified atom stereocenters. The number of rotatable bonds is 2. The summed E-state index contributed by atoms with van der Waals surface area (Å²) in [4.78, 5) is 1.45. The van der Waals surface area contributed by atoms with Gasteiger partial charge < -0.3 is 10.1 Å². The first-order chi connectivity index (χ1) is 7.39. The molecule has 0 saturated heterocycles. The van der Waals surface area contributed by atoms with Crippen molar-refractivity contribution in [2.45, 2.75) is 27.2 Å². The van der Waals surface area contributed by atoms with Crippen LogP contribution in [-0.4, -0.2) is 31.6 Å². The first kappa shape index (κ1) is 11.9. The second-order valence-electron chi connectivity index (χ2n) is 6.60. The van der Waals surface area contributed by atoms with E-state index >= 15 is 0 Å². The minimum atomic E-state index is 0.402. The van der Waals surface area contributed by atoms with E-state index in [4.69, 9.17) is 0 Å². The van der Waals surface area contributed by atoms with Crippen LogP contribution in [0.1, 0.15) is 27.2 Å². The van der Waals surface area contributed by atoms with Gasteiger partial charge in [-0.15, -0.1) is 0 Å². The molecule has 0 heterocycles. The van der Waals surface area contributed by atoms with Crippen molar-refractivity contribution in [3.05, 3.63) is 0 Å². The molecule has 2 aliphatic carbocycles. The molecule has 3 nitrogen and oxygen atoms in total. The van der Waals surface area contributed by atoms with Crippen LogP contribution in [0.4, 0.5) is 0 Å². The van der Waals surface area contributed by atoms with Crippen molar-refractivity contribution in [3.63, 3.8) is 0 Å². The van der Waals surface area contributed by atoms with E-state index in [1.807, 2.05) is 0 Å². The lowest BCUT2D eigenvalue weighted by molar-refractivity contribution is -0.861. The van der Waals surface area contributed by atoms with E-state index in [-0.39, 0.29) is 0 Å². The van der Waals surface area contributed by atoms with Gasteiger partial charge in [0, 0.05) is 5.92 Å². The van der Waals surface area contributed by atoms with E-state index in [1.54, 1.807) is 0 Å². The maximum Gasteiger partial charge on any atom is 0.0852 e. The van der Waals surface area contributed by atoms with Crippen LogP contribution in [0.3, 0.4) is 0 Å². The molecule has 2 saturated carbocycles. The number of hydrogen-bond acceptors (Lipinski definition) is 2. The van der Waals surface area contributed by atoms with Crippen molar-refractivity contribution in [2.24, 2.45) is 34.2 Å². The summed E-state index contributed by atoms with van der Waals surface area (Å²) in [6.07, 6.45) is 1.23. The van der Waals surface area contributed by atoms with Gasteiger partial charge in [-0.2, -0.15) is 0 Å². The van der Waals surface area contributed by atoms with Crippen LogP contribution >= 0.6 is 0 Å². The van der Waals surface area contributed by atoms with Crippen LogP contribution in [0.5, 0.6) is 0 Å². The first-order valence-electron chi connectivity index (χ1n) is 6.40. The summed E-state index contributed by atoms with van der Waals surface area (Å²) in [6, 6.07) is 0. The minimum Gasteiger partial charge on any atom is -0.411 e. The largest absolute Gasteiger partial charge is 0.411 e. The van der Waals surface area contributed by atoms with Gasteiger partial charge in [-0.3, -0.25) is 0 Å². The summed E-state index contributed by atoms with van der Waals surface area (Å²) in [5.41, 5.74) is 1.48. The van der Waals surface area contributed by atoms with Gasteiger partial charge in [-0.05, 0) is 23.7 Å². The Morgan fingerprint density at radius 1 is 1.44 bits per heavy atom. The highest BCUT2D eigenvalue weighted by atomic mass is 16.4. The second-order valence-corrected chi connectivity index (χ2v) is 6.60. The van der Waals surface area contributed by atoms with Gasteiger partial charge in [0.1, 0.15) is 0 Å². The van der Waals surface area contributed by atoms with Gasteiger partial charge in [-0.1, -0.05) is 25.9 Å². The zero-order chi connectivity index (χ0) is 12.1. The third-order valence-corrected chi connectivity index (χ3v) is 5.23. The third kappa shape index (κ3) is 1.48. The predicted molar refractivity (Wildman–Crippen MR) is 64.9 cm³/mol. The van der Waals surface area contributed by atoms with Gasteiger partial charge in [0.15, 0.2) is 0 Å². The Bertz CT molecular complexity index is 309. The van der Waals surface area contributed by atoms with Crippen molar-refractivity contribution < 1.29 is 10.1 Å². The molecule has 2 rings (SSSR count). The molecule has 0 aromatic rings. The highest BCUT2D eigenvalue weighted by Gasteiger charge is 2.59. The molecular formula is C13H25N2O+. The van der Waals surface area contributed by atoms with Gasteiger partial charge in [0.25, 0.3) is 0 Å². The highest BCUT2D eigenvalue weighted by molar-refractivity contribution is 5.92. The fraction of sp³-hybridized carbons (Fsp3) is 0.923. The number of nitrogens with zero attached hydrogens (tertiary/aromatic N) is 1. The van der Waals surface area contributed by atoms with Crippen LogP contribution < -0.4 is 4.90 Å². The fourth-order valence-corrected chi connectivity index (χ4v) is 4.01. The lowest BCUT2D eigenvalue weighted by Crippen LogP contribution is -3.06. The van der Waals surface area contributed by atoms with Crippen LogP contribution in [0.25, 0.3) is 0 Å². The number of quaternary nitrogens is 1. The van der Waals surface area contributed by atoms with E-state index in [1.165, 1.54) is 11.3 Å². The average Bonchev–Trinajstić information content (AvgIpc) is 2.63. The SMILES string of the molecule is CC1C2CC(C(C[NH+](C)C)/C2=N/O)C1(C)C. The van der Waals surface area contributed by atoms with E-state index in [0.717, 1.165) is 12.3 Å². The summed E-state index contributed by atoms with van der Waals surface area (Å²) in [7, 11) is 4.36. The van der Waals surface area contributed by atoms with Crippen LogP contribution in [-0.2, 0) is 0 Å². The normalized spacial score (nSPS) is 43.5. The molecule has 0 spiro atoms. The summed E-state index contributed by atoms with van der Waals surface area (Å²) in [6.45, 7) is 8.17. The van der Waals surface area contributed by atoms with E-state index in [9.17, 15) is 5.21 Å². The Morgan fingerprint density at radius 3 is 2.56 bits per heavy atom. The molecule has 2 aliphatic rings. The molecule has 0 aliphatic heterocycles. The predicted octanol–water partition coefficient (Wildman–Crippen LogP) is 0.889. The van der Waals surface area contributed by atoms with Crippen molar-refractivity contribution in [2.75, 3.05) is 20.6 Å². The van der Waals surface area contributed by atoms with Crippen molar-refractivity contribution >= 4 is 5.71 Å². The van der Waals surface area contributed by atoms with E-state index in [0.29, 0.717) is 29.1 Å². The molecular weight excluding hydrogens is 200 g/mol. The number of hydrogen-bond donors (Lipinski definition) is 2. The van der Waals surface area contributed by atoms with Gasteiger partial charge in [-0.25, -0.2) is 0 Å². The molecule has 3 heteroatoms. The van der Waals surface area contributed by atoms with Crippen LogP contribution in [0.2, 0.25) is 0 Å². The van der Waals surface area contributed by atoms with Crippen LogP contribution in [0.15, 0.2) is 5.16 Å². The zero-order valence-corrected chi connectivity index (χ0v) is 11.1. The zero-order valence-electron chi connectivity index (χ0n) is 11.1. The molecule has 2 N–H and O–H groups in total. The monoisotopic (exact) mass is 225 g/mol. The molecule has 2 bridgehead atoms. The fourth-order valence-electron chi connectivity index (χ4n) is 4.01. The smallest absolute Gasteiger partial charge is 0.0852 e. The Balaban J connectivity index is 2.27. The molecule has 0 aromatic carbocycles. The quantitative estimate of drug-likeness (QED) is 0.531. The summed E-state index contributed by atoms with van der Waals surface area (Å²) < 4.78 is 0. The van der Waals surface area contributed by atoms with Crippen molar-refractivity contribution in [1.29, 1.82) is 0 Å². The Kier molecular flexibility index (Phi) is 2.77. The van der Waals surface area contributed by atoms with E-state index < -0.39 is 0 Å². The highest BCUT2D eigenvalue weighted by Crippen LogP contribution is 2.59. The van der Waals surface area contributed by atoms with Crippen molar-refractivity contribution in [1.82, 2.24) is 0 Å². The lowest BCUT2D eigenvalue weighted by atomic mass is 9.64. The summed E-state index contributed by atoms with van der Waals surface area (Å²) in [5, 5.41) is 12.9. The van der Waals surface area contributed by atoms with Gasteiger partial charge in [0.05, 0.1) is 32.3 Å². The maximum atomic E-state index is 9.24. The molecule has 2 fully saturated rings. The molecule has 0 aromatic heterocycles. The van der Waals surface area contributed by atoms with Gasteiger partial charge >= 0.3 is 0 Å². The van der Waals surface area contributed by atoms with E-state index in [2.05, 4.69) is 40.0 Å². The first-order valence-corrected chi connectivity index (χ1v) is 6.40. The average molecular weight is 225 g/mol. The lowest BCUT2D eigenvalue weighted by Gasteiger charge is -2.40. The minimum absolute atomic E-state index is 0.402. The van der Waals surface area contributed by atoms with Crippen molar-refractivity contribution in [3.8, 4) is 0 Å². The number of fused-ring (bicyclic) bond motifs is 2. The second kappa shape index (κ2) is 3.73. The topological polar surface area (TPSA) is 37.0 Å². The summed E-state index contributed by atoms with van der Waals surface area (Å²) in [5.74, 6) is 2.37. The Hall–Kier alpha value is -0.570. The van der Waals surface area contributed by atoms with Gasteiger partial charge in [0.2, 0.25) is 0 Å². The summed E-state index contributed by atoms with van der Waals surface area (Å²) >= 11 is 0. The molecule has 0 radical (unpaired) electrons. The molecule has 92 valence electrons. The Morgan fingerprint density at radius 2 is 2.06 bits per heavy atom.